The van der Waals surface area contributed by atoms with Crippen molar-refractivity contribution in [3.8, 4) is 0 Å². The number of pyridine rings is 1. The van der Waals surface area contributed by atoms with Gasteiger partial charge in [0, 0.05) is 18.8 Å². The fourth-order valence-corrected chi connectivity index (χ4v) is 4.73. The third kappa shape index (κ3) is 4.75. The molecule has 6 nitrogen and oxygen atoms in total. The van der Waals surface area contributed by atoms with Gasteiger partial charge in [-0.3, -0.25) is 4.79 Å². The van der Waals surface area contributed by atoms with Crippen LogP contribution in [0, 0.1) is 0 Å². The van der Waals surface area contributed by atoms with Crippen LogP contribution in [0.5, 0.6) is 0 Å². The number of urea groups is 1. The van der Waals surface area contributed by atoms with Crippen molar-refractivity contribution in [2.75, 3.05) is 10.2 Å². The average Bonchev–Trinajstić information content (AvgIpc) is 2.94. The second kappa shape index (κ2) is 8.81. The van der Waals surface area contributed by atoms with Crippen molar-refractivity contribution in [2.24, 2.45) is 0 Å². The van der Waals surface area contributed by atoms with Gasteiger partial charge in [0.2, 0.25) is 0 Å². The maximum atomic E-state index is 13.4. The lowest BCUT2D eigenvalue weighted by molar-refractivity contribution is -0.123. The number of imide groups is 1. The number of nitrogens with one attached hydrogen (secondary N) is 1. The lowest BCUT2D eigenvalue weighted by Crippen LogP contribution is -2.43. The topological polar surface area (TPSA) is 65.5 Å². The monoisotopic (exact) mass is 448 g/mol. The minimum Gasteiger partial charge on any atom is -0.367 e. The van der Waals surface area contributed by atoms with Crippen molar-refractivity contribution in [2.45, 2.75) is 90.3 Å². The maximum Gasteiger partial charge on any atom is 0.332 e. The van der Waals surface area contributed by atoms with Crippen LogP contribution in [-0.2, 0) is 16.8 Å². The highest BCUT2D eigenvalue weighted by atomic mass is 16.2. The Morgan fingerprint density at radius 2 is 1.70 bits per heavy atom. The Hall–Kier alpha value is -2.89. The highest BCUT2D eigenvalue weighted by Gasteiger charge is 2.51. The summed E-state index contributed by atoms with van der Waals surface area (Å²) in [5.41, 5.74) is 1.81. The molecule has 2 aromatic rings. The summed E-state index contributed by atoms with van der Waals surface area (Å²) in [5, 5.41) is 3.55. The standard InChI is InChI=1S/C27H36N4O2/c1-26(2,3)20-11-13-22(14-12-20)31-24(32)27(4,5)30(25(31)33)18-19-15-16-28-23(17-19)29-21-9-7-6-8-10-21/h11-17,21H,6-10,18H2,1-5H3,(H,28,29). The Bertz CT molecular complexity index is 1020. The first-order valence-corrected chi connectivity index (χ1v) is 12.1. The van der Waals surface area contributed by atoms with Gasteiger partial charge in [0.1, 0.15) is 11.4 Å². The maximum absolute atomic E-state index is 13.4. The quantitative estimate of drug-likeness (QED) is 0.581. The van der Waals surface area contributed by atoms with Gasteiger partial charge in [-0.05, 0) is 67.5 Å². The lowest BCUT2D eigenvalue weighted by Gasteiger charge is -2.28. The van der Waals surface area contributed by atoms with Crippen molar-refractivity contribution < 1.29 is 9.59 Å². The zero-order valence-corrected chi connectivity index (χ0v) is 20.5. The van der Waals surface area contributed by atoms with Crippen molar-refractivity contribution in [1.29, 1.82) is 0 Å². The van der Waals surface area contributed by atoms with Crippen LogP contribution in [0.1, 0.15) is 77.8 Å². The van der Waals surface area contributed by atoms with E-state index in [2.05, 4.69) is 31.1 Å². The smallest absolute Gasteiger partial charge is 0.332 e. The molecule has 0 unspecified atom stereocenters. The fraction of sp³-hybridized carbons (Fsp3) is 0.519. The fourth-order valence-electron chi connectivity index (χ4n) is 4.73. The molecule has 2 aliphatic rings. The molecule has 1 aliphatic heterocycles. The minimum atomic E-state index is -0.931. The van der Waals surface area contributed by atoms with Gasteiger partial charge >= 0.3 is 6.03 Å². The number of carbonyl (C=O) groups is 2. The minimum absolute atomic E-state index is 0.00752. The molecule has 0 radical (unpaired) electrons. The number of hydrogen-bond acceptors (Lipinski definition) is 4. The molecule has 6 heteroatoms. The highest BCUT2D eigenvalue weighted by molar-refractivity contribution is 6.22. The van der Waals surface area contributed by atoms with Gasteiger partial charge in [0.15, 0.2) is 0 Å². The van der Waals surface area contributed by atoms with Crippen LogP contribution in [0.2, 0.25) is 0 Å². The van der Waals surface area contributed by atoms with E-state index in [-0.39, 0.29) is 17.4 Å². The molecule has 1 aromatic heterocycles. The van der Waals surface area contributed by atoms with E-state index in [1.165, 1.54) is 37.0 Å². The molecule has 4 rings (SSSR count). The summed E-state index contributed by atoms with van der Waals surface area (Å²) >= 11 is 0. The molecule has 33 heavy (non-hydrogen) atoms. The van der Waals surface area contributed by atoms with E-state index in [0.717, 1.165) is 16.9 Å². The Morgan fingerprint density at radius 3 is 2.33 bits per heavy atom. The number of carbonyl (C=O) groups excluding carboxylic acids is 2. The van der Waals surface area contributed by atoms with Crippen LogP contribution in [0.3, 0.4) is 0 Å². The predicted molar refractivity (Wildman–Crippen MR) is 132 cm³/mol. The van der Waals surface area contributed by atoms with Gasteiger partial charge in [0.25, 0.3) is 5.91 Å². The van der Waals surface area contributed by atoms with E-state index in [0.29, 0.717) is 18.3 Å². The number of hydrogen-bond donors (Lipinski definition) is 1. The number of rotatable bonds is 5. The van der Waals surface area contributed by atoms with Crippen LogP contribution < -0.4 is 10.2 Å². The first kappa shape index (κ1) is 23.3. The van der Waals surface area contributed by atoms with E-state index in [4.69, 9.17) is 0 Å². The van der Waals surface area contributed by atoms with Crippen LogP contribution in [0.4, 0.5) is 16.3 Å². The molecule has 1 N–H and O–H groups in total. The van der Waals surface area contributed by atoms with Crippen molar-refractivity contribution in [1.82, 2.24) is 9.88 Å². The molecule has 3 amide bonds. The molecule has 2 heterocycles. The molecule has 1 aromatic carbocycles. The molecule has 1 saturated carbocycles. The molecule has 1 saturated heterocycles. The summed E-state index contributed by atoms with van der Waals surface area (Å²) in [5.74, 6) is 0.635. The second-order valence-electron chi connectivity index (χ2n) is 10.9. The lowest BCUT2D eigenvalue weighted by atomic mass is 9.87. The molecule has 0 spiro atoms. The highest BCUT2D eigenvalue weighted by Crippen LogP contribution is 2.34. The van der Waals surface area contributed by atoms with Crippen molar-refractivity contribution in [3.05, 3.63) is 53.7 Å². The average molecular weight is 449 g/mol. The van der Waals surface area contributed by atoms with Crippen LogP contribution >= 0.6 is 0 Å². The third-order valence-corrected chi connectivity index (χ3v) is 6.94. The van der Waals surface area contributed by atoms with Crippen molar-refractivity contribution in [3.63, 3.8) is 0 Å². The Kier molecular flexibility index (Phi) is 6.21. The predicted octanol–water partition coefficient (Wildman–Crippen LogP) is 5.87. The number of amides is 3. The van der Waals surface area contributed by atoms with Crippen LogP contribution in [-0.4, -0.2) is 33.4 Å². The van der Waals surface area contributed by atoms with E-state index in [9.17, 15) is 9.59 Å². The zero-order valence-electron chi connectivity index (χ0n) is 20.5. The third-order valence-electron chi connectivity index (χ3n) is 6.94. The first-order valence-electron chi connectivity index (χ1n) is 12.1. The molecular formula is C27H36N4O2. The molecule has 0 atom stereocenters. The Labute approximate surface area is 197 Å². The number of benzene rings is 1. The van der Waals surface area contributed by atoms with Gasteiger partial charge in [-0.2, -0.15) is 0 Å². The molecule has 176 valence electrons. The SMILES string of the molecule is CC(C)(C)c1ccc(N2C(=O)N(Cc3ccnc(NC4CCCCC4)c3)C(C)(C)C2=O)cc1. The Morgan fingerprint density at radius 1 is 1.03 bits per heavy atom. The molecular weight excluding hydrogens is 412 g/mol. The number of aromatic nitrogens is 1. The van der Waals surface area contributed by atoms with E-state index < -0.39 is 5.54 Å². The van der Waals surface area contributed by atoms with E-state index in [1.54, 1.807) is 11.1 Å². The van der Waals surface area contributed by atoms with Crippen molar-refractivity contribution >= 4 is 23.4 Å². The zero-order chi connectivity index (χ0) is 23.8. The first-order chi connectivity index (χ1) is 15.6. The number of nitrogens with zero attached hydrogens (tertiary/aromatic N) is 3. The number of anilines is 2. The largest absolute Gasteiger partial charge is 0.367 e. The molecule has 1 aliphatic carbocycles. The van der Waals surface area contributed by atoms with E-state index >= 15 is 0 Å². The summed E-state index contributed by atoms with van der Waals surface area (Å²) in [6.07, 6.45) is 7.92. The van der Waals surface area contributed by atoms with Crippen LogP contribution in [0.15, 0.2) is 42.6 Å². The van der Waals surface area contributed by atoms with Crippen LogP contribution in [0.25, 0.3) is 0 Å². The normalized spacial score (nSPS) is 19.3. The van der Waals surface area contributed by atoms with E-state index in [1.807, 2.05) is 50.2 Å². The second-order valence-corrected chi connectivity index (χ2v) is 10.9. The summed E-state index contributed by atoms with van der Waals surface area (Å²) in [6, 6.07) is 11.8. The van der Waals surface area contributed by atoms with Gasteiger partial charge < -0.3 is 10.2 Å². The van der Waals surface area contributed by atoms with Gasteiger partial charge in [0.05, 0.1) is 5.69 Å². The summed E-state index contributed by atoms with van der Waals surface area (Å²) in [7, 11) is 0. The summed E-state index contributed by atoms with van der Waals surface area (Å²) < 4.78 is 0. The van der Waals surface area contributed by atoms with Gasteiger partial charge in [-0.1, -0.05) is 52.2 Å². The Balaban J connectivity index is 1.53. The van der Waals surface area contributed by atoms with Gasteiger partial charge in [-0.15, -0.1) is 0 Å². The molecule has 0 bridgehead atoms. The summed E-state index contributed by atoms with van der Waals surface area (Å²) in [4.78, 5) is 34.2. The molecule has 2 fully saturated rings. The summed E-state index contributed by atoms with van der Waals surface area (Å²) in [6.45, 7) is 10.4. The van der Waals surface area contributed by atoms with Gasteiger partial charge in [-0.25, -0.2) is 14.7 Å².